The number of nitrogens with one attached hydrogen (secondary N) is 1. The lowest BCUT2D eigenvalue weighted by atomic mass is 10.3. The van der Waals surface area contributed by atoms with E-state index < -0.39 is 0 Å². The van der Waals surface area contributed by atoms with E-state index in [1.54, 1.807) is 42.5 Å². The van der Waals surface area contributed by atoms with Crippen LogP contribution in [-0.2, 0) is 13.6 Å². The van der Waals surface area contributed by atoms with E-state index in [2.05, 4.69) is 5.32 Å². The molecule has 3 N–H and O–H groups in total. The van der Waals surface area contributed by atoms with Crippen LogP contribution in [0.4, 0.5) is 5.69 Å². The number of carbonyl (C=O) groups is 1. The minimum atomic E-state index is -0.152. The van der Waals surface area contributed by atoms with Crippen molar-refractivity contribution in [2.45, 2.75) is 6.54 Å². The molecule has 0 fully saturated rings. The fourth-order valence-electron chi connectivity index (χ4n) is 1.48. The largest absolute Gasteiger partial charge is 0.472 e. The first-order valence-corrected chi connectivity index (χ1v) is 4.88. The van der Waals surface area contributed by atoms with Crippen LogP contribution in [0.3, 0.4) is 0 Å². The molecule has 0 aromatic carbocycles. The van der Waals surface area contributed by atoms with E-state index in [-0.39, 0.29) is 5.91 Å². The maximum Gasteiger partial charge on any atom is 0.268 e. The quantitative estimate of drug-likeness (QED) is 0.812. The molecule has 0 saturated heterocycles. The van der Waals surface area contributed by atoms with Gasteiger partial charge in [0.1, 0.15) is 5.69 Å². The lowest BCUT2D eigenvalue weighted by Gasteiger charge is -2.03. The Balaban J connectivity index is 2.01. The lowest BCUT2D eigenvalue weighted by Crippen LogP contribution is -2.24. The highest BCUT2D eigenvalue weighted by molar-refractivity contribution is 5.93. The van der Waals surface area contributed by atoms with Gasteiger partial charge < -0.3 is 20.0 Å². The topological polar surface area (TPSA) is 73.2 Å². The Labute approximate surface area is 92.8 Å². The number of nitrogen functional groups attached to an aromatic ring is 1. The first kappa shape index (κ1) is 10.4. The van der Waals surface area contributed by atoms with Gasteiger partial charge in [-0.1, -0.05) is 0 Å². The van der Waals surface area contributed by atoms with Crippen LogP contribution in [0.2, 0.25) is 0 Å². The number of anilines is 1. The molecule has 0 unspecified atom stereocenters. The van der Waals surface area contributed by atoms with Gasteiger partial charge in [-0.2, -0.15) is 0 Å². The smallest absolute Gasteiger partial charge is 0.268 e. The number of nitrogens with zero attached hydrogens (tertiary/aromatic N) is 1. The van der Waals surface area contributed by atoms with Crippen LogP contribution in [0.1, 0.15) is 16.1 Å². The number of hydrogen-bond acceptors (Lipinski definition) is 3. The molecule has 2 rings (SSSR count). The van der Waals surface area contributed by atoms with Gasteiger partial charge in [0.15, 0.2) is 0 Å². The van der Waals surface area contributed by atoms with Gasteiger partial charge in [0, 0.05) is 25.4 Å². The van der Waals surface area contributed by atoms with Crippen LogP contribution in [0.15, 0.2) is 35.3 Å². The molecule has 5 nitrogen and oxygen atoms in total. The third-order valence-electron chi connectivity index (χ3n) is 2.29. The molecule has 84 valence electrons. The van der Waals surface area contributed by atoms with E-state index >= 15 is 0 Å². The van der Waals surface area contributed by atoms with Crippen molar-refractivity contribution in [3.8, 4) is 0 Å². The molecule has 0 atom stereocenters. The minimum absolute atomic E-state index is 0.152. The zero-order valence-electron chi connectivity index (χ0n) is 8.93. The number of rotatable bonds is 3. The Hall–Kier alpha value is -2.17. The van der Waals surface area contributed by atoms with Crippen LogP contribution in [0.5, 0.6) is 0 Å². The summed E-state index contributed by atoms with van der Waals surface area (Å²) in [5, 5.41) is 2.78. The van der Waals surface area contributed by atoms with Crippen molar-refractivity contribution in [1.82, 2.24) is 9.88 Å². The van der Waals surface area contributed by atoms with Gasteiger partial charge in [0.2, 0.25) is 0 Å². The Bertz CT molecular complexity index is 485. The van der Waals surface area contributed by atoms with Gasteiger partial charge in [-0.25, -0.2) is 0 Å². The number of hydrogen-bond donors (Lipinski definition) is 2. The zero-order valence-corrected chi connectivity index (χ0v) is 8.93. The van der Waals surface area contributed by atoms with E-state index in [1.165, 1.54) is 0 Å². The molecule has 0 radical (unpaired) electrons. The SMILES string of the molecule is Cn1cc(N)cc1C(=O)NCc1ccoc1. The monoisotopic (exact) mass is 219 g/mol. The van der Waals surface area contributed by atoms with Crippen LogP contribution in [-0.4, -0.2) is 10.5 Å². The molecule has 2 aromatic rings. The normalized spacial score (nSPS) is 10.3. The highest BCUT2D eigenvalue weighted by Crippen LogP contribution is 2.08. The van der Waals surface area contributed by atoms with Crippen molar-refractivity contribution >= 4 is 11.6 Å². The average molecular weight is 219 g/mol. The van der Waals surface area contributed by atoms with E-state index in [0.717, 1.165) is 5.56 Å². The third kappa shape index (κ3) is 2.08. The molecule has 0 aliphatic heterocycles. The molecule has 2 heterocycles. The molecule has 2 aromatic heterocycles. The highest BCUT2D eigenvalue weighted by Gasteiger charge is 2.10. The van der Waals surface area contributed by atoms with E-state index in [9.17, 15) is 4.79 Å². The molecule has 0 saturated carbocycles. The summed E-state index contributed by atoms with van der Waals surface area (Å²) in [6.07, 6.45) is 4.87. The molecule has 0 bridgehead atoms. The summed E-state index contributed by atoms with van der Waals surface area (Å²) >= 11 is 0. The Morgan fingerprint density at radius 1 is 1.62 bits per heavy atom. The van der Waals surface area contributed by atoms with Gasteiger partial charge in [0.25, 0.3) is 5.91 Å². The van der Waals surface area contributed by atoms with Crippen LogP contribution in [0.25, 0.3) is 0 Å². The molecular formula is C11H13N3O2. The maximum atomic E-state index is 11.8. The van der Waals surface area contributed by atoms with Gasteiger partial charge in [-0.3, -0.25) is 4.79 Å². The van der Waals surface area contributed by atoms with Crippen LogP contribution >= 0.6 is 0 Å². The van der Waals surface area contributed by atoms with Crippen molar-refractivity contribution in [3.05, 3.63) is 42.1 Å². The summed E-state index contributed by atoms with van der Waals surface area (Å²) in [5.74, 6) is -0.152. The van der Waals surface area contributed by atoms with Crippen molar-refractivity contribution in [2.75, 3.05) is 5.73 Å². The van der Waals surface area contributed by atoms with Crippen molar-refractivity contribution in [3.63, 3.8) is 0 Å². The molecule has 5 heteroatoms. The Kier molecular flexibility index (Phi) is 2.68. The van der Waals surface area contributed by atoms with Gasteiger partial charge >= 0.3 is 0 Å². The van der Waals surface area contributed by atoms with Crippen molar-refractivity contribution in [1.29, 1.82) is 0 Å². The maximum absolute atomic E-state index is 11.8. The van der Waals surface area contributed by atoms with Crippen molar-refractivity contribution in [2.24, 2.45) is 7.05 Å². The predicted molar refractivity (Wildman–Crippen MR) is 59.7 cm³/mol. The molecule has 0 spiro atoms. The molecule has 0 aliphatic carbocycles. The second-order valence-corrected chi connectivity index (χ2v) is 3.58. The Morgan fingerprint density at radius 3 is 3.00 bits per heavy atom. The fraction of sp³-hybridized carbons (Fsp3) is 0.182. The summed E-state index contributed by atoms with van der Waals surface area (Å²) in [4.78, 5) is 11.8. The molecular weight excluding hydrogens is 206 g/mol. The molecule has 1 amide bonds. The van der Waals surface area contributed by atoms with Gasteiger partial charge in [-0.05, 0) is 12.1 Å². The van der Waals surface area contributed by atoms with Gasteiger partial charge in [0.05, 0.1) is 18.2 Å². The fourth-order valence-corrected chi connectivity index (χ4v) is 1.48. The summed E-state index contributed by atoms with van der Waals surface area (Å²) in [5.41, 5.74) is 7.64. The minimum Gasteiger partial charge on any atom is -0.472 e. The number of nitrogens with two attached hydrogens (primary N) is 1. The standard InChI is InChI=1S/C11H13N3O2/c1-14-6-9(12)4-10(14)11(15)13-5-8-2-3-16-7-8/h2-4,6-7H,5,12H2,1H3,(H,13,15). The van der Waals surface area contributed by atoms with Crippen LogP contribution in [0, 0.1) is 0 Å². The van der Waals surface area contributed by atoms with Crippen molar-refractivity contribution < 1.29 is 9.21 Å². The van der Waals surface area contributed by atoms with Crippen LogP contribution < -0.4 is 11.1 Å². The summed E-state index contributed by atoms with van der Waals surface area (Å²) in [7, 11) is 1.78. The number of aryl methyl sites for hydroxylation is 1. The van der Waals surface area contributed by atoms with E-state index in [1.807, 2.05) is 0 Å². The number of furan rings is 1. The summed E-state index contributed by atoms with van der Waals surface area (Å²) in [6.45, 7) is 0.445. The summed E-state index contributed by atoms with van der Waals surface area (Å²) in [6, 6.07) is 3.45. The predicted octanol–water partition coefficient (Wildman–Crippen LogP) is 1.13. The zero-order chi connectivity index (χ0) is 11.5. The number of aromatic nitrogens is 1. The first-order valence-electron chi connectivity index (χ1n) is 4.88. The lowest BCUT2D eigenvalue weighted by molar-refractivity contribution is 0.0943. The third-order valence-corrected chi connectivity index (χ3v) is 2.29. The summed E-state index contributed by atoms with van der Waals surface area (Å²) < 4.78 is 6.60. The van der Waals surface area contributed by atoms with E-state index in [0.29, 0.717) is 17.9 Å². The second kappa shape index (κ2) is 4.14. The van der Waals surface area contributed by atoms with Gasteiger partial charge in [-0.15, -0.1) is 0 Å². The number of amides is 1. The first-order chi connectivity index (χ1) is 7.66. The van der Waals surface area contributed by atoms with E-state index in [4.69, 9.17) is 10.2 Å². The molecule has 16 heavy (non-hydrogen) atoms. The Morgan fingerprint density at radius 2 is 2.44 bits per heavy atom. The number of carbonyl (C=O) groups excluding carboxylic acids is 1. The molecule has 0 aliphatic rings. The highest BCUT2D eigenvalue weighted by atomic mass is 16.3. The second-order valence-electron chi connectivity index (χ2n) is 3.58. The average Bonchev–Trinajstić information content (AvgIpc) is 2.84.